The van der Waals surface area contributed by atoms with E-state index >= 15 is 0 Å². The van der Waals surface area contributed by atoms with Crippen molar-refractivity contribution in [1.29, 1.82) is 0 Å². The molecular formula is C17H18N2O3S. The van der Waals surface area contributed by atoms with Crippen LogP contribution in [0, 0.1) is 12.3 Å². The number of aliphatic hydroxyl groups excluding tert-OH is 1. The Morgan fingerprint density at radius 1 is 1.35 bits per heavy atom. The van der Waals surface area contributed by atoms with Crippen molar-refractivity contribution in [2.45, 2.75) is 12.5 Å². The van der Waals surface area contributed by atoms with Gasteiger partial charge in [-0.05, 0) is 42.1 Å². The number of hydrogen-bond donors (Lipinski definition) is 3. The Morgan fingerprint density at radius 2 is 2.13 bits per heavy atom. The molecule has 0 spiro atoms. The van der Waals surface area contributed by atoms with E-state index in [1.54, 1.807) is 35.6 Å². The van der Waals surface area contributed by atoms with E-state index in [9.17, 15) is 4.79 Å². The van der Waals surface area contributed by atoms with Gasteiger partial charge in [-0.1, -0.05) is 12.0 Å². The van der Waals surface area contributed by atoms with Gasteiger partial charge in [0.15, 0.2) is 0 Å². The van der Waals surface area contributed by atoms with Crippen molar-refractivity contribution in [2.24, 2.45) is 0 Å². The number of ether oxygens (including phenoxy) is 1. The van der Waals surface area contributed by atoms with Crippen molar-refractivity contribution in [3.63, 3.8) is 0 Å². The molecular weight excluding hydrogens is 312 g/mol. The number of anilines is 1. The fourth-order valence-electron chi connectivity index (χ4n) is 1.99. The summed E-state index contributed by atoms with van der Waals surface area (Å²) >= 11 is 1.54. The predicted octanol–water partition coefficient (Wildman–Crippen LogP) is 3.01. The van der Waals surface area contributed by atoms with Crippen LogP contribution in [0.4, 0.5) is 10.5 Å². The number of urea groups is 1. The Morgan fingerprint density at radius 3 is 2.74 bits per heavy atom. The van der Waals surface area contributed by atoms with Gasteiger partial charge in [-0.2, -0.15) is 0 Å². The number of aliphatic hydroxyl groups is 1. The molecule has 0 fully saturated rings. The molecule has 2 amide bonds. The summed E-state index contributed by atoms with van der Waals surface area (Å²) in [6.45, 7) is 0.209. The zero-order chi connectivity index (χ0) is 16.5. The number of rotatable bonds is 7. The van der Waals surface area contributed by atoms with E-state index in [1.807, 2.05) is 17.5 Å². The molecule has 0 aliphatic rings. The summed E-state index contributed by atoms with van der Waals surface area (Å²) in [5.74, 6) is 3.03. The number of benzene rings is 1. The molecule has 120 valence electrons. The lowest BCUT2D eigenvalue weighted by Gasteiger charge is -2.17. The van der Waals surface area contributed by atoms with Gasteiger partial charge < -0.3 is 20.5 Å². The highest BCUT2D eigenvalue weighted by atomic mass is 32.1. The number of carbonyl (C=O) groups is 1. The molecule has 0 aliphatic carbocycles. The van der Waals surface area contributed by atoms with E-state index in [0.717, 1.165) is 4.88 Å². The van der Waals surface area contributed by atoms with E-state index in [2.05, 4.69) is 16.6 Å². The maximum atomic E-state index is 12.1. The highest BCUT2D eigenvalue weighted by Gasteiger charge is 2.15. The Kier molecular flexibility index (Phi) is 6.48. The van der Waals surface area contributed by atoms with Crippen molar-refractivity contribution in [3.05, 3.63) is 46.7 Å². The second-order valence-corrected chi connectivity index (χ2v) is 5.68. The topological polar surface area (TPSA) is 70.6 Å². The number of nitrogens with one attached hydrogen (secondary N) is 2. The van der Waals surface area contributed by atoms with Gasteiger partial charge in [0.25, 0.3) is 0 Å². The van der Waals surface area contributed by atoms with Crippen molar-refractivity contribution in [2.75, 3.05) is 18.5 Å². The highest BCUT2D eigenvalue weighted by molar-refractivity contribution is 7.10. The molecule has 2 rings (SSSR count). The molecule has 0 radical (unpaired) electrons. The van der Waals surface area contributed by atoms with Crippen LogP contribution in [0.5, 0.6) is 5.75 Å². The van der Waals surface area contributed by atoms with Gasteiger partial charge in [-0.3, -0.25) is 0 Å². The summed E-state index contributed by atoms with van der Waals surface area (Å²) in [5, 5.41) is 16.7. The predicted molar refractivity (Wildman–Crippen MR) is 91.7 cm³/mol. The van der Waals surface area contributed by atoms with Crippen LogP contribution >= 0.6 is 11.3 Å². The van der Waals surface area contributed by atoms with Crippen molar-refractivity contribution in [1.82, 2.24) is 5.32 Å². The van der Waals surface area contributed by atoms with Gasteiger partial charge in [0, 0.05) is 17.2 Å². The molecule has 2 aromatic rings. The van der Waals surface area contributed by atoms with E-state index in [-0.39, 0.29) is 25.3 Å². The SMILES string of the molecule is C#CCOc1ccc(NC(=O)N[C@H](CCO)c2cccs2)cc1. The van der Waals surface area contributed by atoms with Gasteiger partial charge >= 0.3 is 6.03 Å². The van der Waals surface area contributed by atoms with Gasteiger partial charge in [0.05, 0.1) is 6.04 Å². The van der Waals surface area contributed by atoms with Crippen LogP contribution in [-0.2, 0) is 0 Å². The Labute approximate surface area is 139 Å². The molecule has 1 aromatic heterocycles. The molecule has 6 heteroatoms. The van der Waals surface area contributed by atoms with Crippen molar-refractivity contribution < 1.29 is 14.6 Å². The molecule has 0 saturated heterocycles. The average molecular weight is 330 g/mol. The highest BCUT2D eigenvalue weighted by Crippen LogP contribution is 2.22. The van der Waals surface area contributed by atoms with E-state index < -0.39 is 0 Å². The van der Waals surface area contributed by atoms with Crippen LogP contribution in [0.15, 0.2) is 41.8 Å². The maximum absolute atomic E-state index is 12.1. The first-order chi connectivity index (χ1) is 11.2. The molecule has 1 aromatic carbocycles. The molecule has 0 aliphatic heterocycles. The second kappa shape index (κ2) is 8.83. The molecule has 23 heavy (non-hydrogen) atoms. The van der Waals surface area contributed by atoms with Crippen LogP contribution < -0.4 is 15.4 Å². The summed E-state index contributed by atoms with van der Waals surface area (Å²) in [5.41, 5.74) is 0.643. The lowest BCUT2D eigenvalue weighted by Crippen LogP contribution is -2.32. The summed E-state index contributed by atoms with van der Waals surface area (Å²) in [6.07, 6.45) is 5.59. The molecule has 0 bridgehead atoms. The Hall–Kier alpha value is -2.49. The monoisotopic (exact) mass is 330 g/mol. The average Bonchev–Trinajstić information content (AvgIpc) is 3.08. The third-order valence-electron chi connectivity index (χ3n) is 3.04. The van der Waals surface area contributed by atoms with E-state index in [4.69, 9.17) is 16.3 Å². The lowest BCUT2D eigenvalue weighted by molar-refractivity contribution is 0.239. The fraction of sp³-hybridized carbons (Fsp3) is 0.235. The van der Waals surface area contributed by atoms with Crippen LogP contribution in [0.3, 0.4) is 0 Å². The van der Waals surface area contributed by atoms with Crippen LogP contribution in [0.1, 0.15) is 17.3 Å². The largest absolute Gasteiger partial charge is 0.481 e. The van der Waals surface area contributed by atoms with E-state index in [0.29, 0.717) is 17.9 Å². The smallest absolute Gasteiger partial charge is 0.319 e. The van der Waals surface area contributed by atoms with Gasteiger partial charge in [0.1, 0.15) is 12.4 Å². The quantitative estimate of drug-likeness (QED) is 0.684. The van der Waals surface area contributed by atoms with Crippen molar-refractivity contribution in [3.8, 4) is 18.1 Å². The number of amides is 2. The zero-order valence-corrected chi connectivity index (χ0v) is 13.3. The summed E-state index contributed by atoms with van der Waals surface area (Å²) in [4.78, 5) is 13.1. The Balaban J connectivity index is 1.91. The molecule has 3 N–H and O–H groups in total. The number of terminal acetylenes is 1. The minimum atomic E-state index is -0.325. The molecule has 1 atom stereocenters. The fourth-order valence-corrected chi connectivity index (χ4v) is 2.80. The molecule has 1 heterocycles. The first-order valence-electron chi connectivity index (χ1n) is 7.11. The van der Waals surface area contributed by atoms with Crippen molar-refractivity contribution >= 4 is 23.1 Å². The van der Waals surface area contributed by atoms with Gasteiger partial charge in [0.2, 0.25) is 0 Å². The summed E-state index contributed by atoms with van der Waals surface area (Å²) in [7, 11) is 0. The van der Waals surface area contributed by atoms with Crippen LogP contribution in [-0.4, -0.2) is 24.4 Å². The lowest BCUT2D eigenvalue weighted by atomic mass is 10.2. The molecule has 0 saturated carbocycles. The number of carbonyl (C=O) groups excluding carboxylic acids is 1. The summed E-state index contributed by atoms with van der Waals surface area (Å²) in [6, 6.07) is 10.2. The van der Waals surface area contributed by atoms with Crippen LogP contribution in [0.25, 0.3) is 0 Å². The normalized spacial score (nSPS) is 11.3. The molecule has 0 unspecified atom stereocenters. The maximum Gasteiger partial charge on any atom is 0.319 e. The number of hydrogen-bond acceptors (Lipinski definition) is 4. The Bertz CT molecular complexity index is 647. The third-order valence-corrected chi connectivity index (χ3v) is 4.03. The van der Waals surface area contributed by atoms with Crippen LogP contribution in [0.2, 0.25) is 0 Å². The summed E-state index contributed by atoms with van der Waals surface area (Å²) < 4.78 is 5.27. The second-order valence-electron chi connectivity index (χ2n) is 4.70. The third kappa shape index (κ3) is 5.33. The first-order valence-corrected chi connectivity index (χ1v) is 7.99. The van der Waals surface area contributed by atoms with Gasteiger partial charge in [-0.15, -0.1) is 17.8 Å². The minimum Gasteiger partial charge on any atom is -0.481 e. The first kappa shape index (κ1) is 16.9. The minimum absolute atomic E-state index is 0.00403. The number of thiophene rings is 1. The van der Waals surface area contributed by atoms with Gasteiger partial charge in [-0.25, -0.2) is 4.79 Å². The molecule has 5 nitrogen and oxygen atoms in total. The zero-order valence-electron chi connectivity index (χ0n) is 12.5. The standard InChI is InChI=1S/C17H18N2O3S/c1-2-11-22-14-7-5-13(6-8-14)18-17(21)19-15(9-10-20)16-4-3-12-23-16/h1,3-8,12,15,20H,9-11H2,(H2,18,19,21)/t15-/m1/s1. The van der Waals surface area contributed by atoms with E-state index in [1.165, 1.54) is 0 Å².